The number of anilines is 1. The van der Waals surface area contributed by atoms with Crippen LogP contribution in [0.1, 0.15) is 24.7 Å². The third kappa shape index (κ3) is 3.61. The van der Waals surface area contributed by atoms with E-state index < -0.39 is 0 Å². The lowest BCUT2D eigenvalue weighted by Crippen LogP contribution is -2.34. The third-order valence-corrected chi connectivity index (χ3v) is 5.24. The molecule has 5 rings (SSSR count). The molecule has 8 heteroatoms. The maximum Gasteiger partial charge on any atom is 0.230 e. The lowest BCUT2D eigenvalue weighted by molar-refractivity contribution is 0.329. The molecule has 0 N–H and O–H groups in total. The summed E-state index contributed by atoms with van der Waals surface area (Å²) in [5.74, 6) is 2.38. The monoisotopic (exact) mass is 387 g/mol. The van der Waals surface area contributed by atoms with Crippen molar-refractivity contribution in [2.24, 2.45) is 7.05 Å². The molecule has 4 heterocycles. The minimum Gasteiger partial charge on any atom is -0.341 e. The zero-order valence-corrected chi connectivity index (χ0v) is 16.1. The van der Waals surface area contributed by atoms with Crippen molar-refractivity contribution in [1.82, 2.24) is 29.9 Å². The van der Waals surface area contributed by atoms with Gasteiger partial charge in [-0.15, -0.1) is 0 Å². The standard InChI is InChI=1S/C21H21N7O/c1-27-14-17(13-23-27)18-7-10-22-21(24-18)28-11-8-16(9-12-28)20-25-19(26-29-20)15-5-3-2-4-6-15/h2-7,10,13-14,16H,8-9,11-12H2,1H3. The minimum atomic E-state index is 0.262. The maximum absolute atomic E-state index is 5.56. The van der Waals surface area contributed by atoms with Crippen LogP contribution in [0.25, 0.3) is 22.6 Å². The van der Waals surface area contributed by atoms with Gasteiger partial charge in [-0.3, -0.25) is 4.68 Å². The second kappa shape index (κ2) is 7.46. The fraction of sp³-hybridized carbons (Fsp3) is 0.286. The van der Waals surface area contributed by atoms with E-state index in [0.29, 0.717) is 11.7 Å². The molecule has 8 nitrogen and oxygen atoms in total. The first-order valence-corrected chi connectivity index (χ1v) is 9.72. The summed E-state index contributed by atoms with van der Waals surface area (Å²) in [7, 11) is 1.90. The number of aromatic nitrogens is 6. The molecular weight excluding hydrogens is 366 g/mol. The summed E-state index contributed by atoms with van der Waals surface area (Å²) in [6.07, 6.45) is 7.44. The fourth-order valence-electron chi connectivity index (χ4n) is 3.65. The van der Waals surface area contributed by atoms with E-state index in [2.05, 4.69) is 25.1 Å². The Bertz CT molecular complexity index is 1100. The van der Waals surface area contributed by atoms with Crippen molar-refractivity contribution in [2.45, 2.75) is 18.8 Å². The van der Waals surface area contributed by atoms with Gasteiger partial charge in [-0.05, 0) is 18.9 Å². The van der Waals surface area contributed by atoms with Gasteiger partial charge < -0.3 is 9.42 Å². The lowest BCUT2D eigenvalue weighted by Gasteiger charge is -2.30. The molecule has 1 saturated heterocycles. The molecule has 1 aliphatic rings. The quantitative estimate of drug-likeness (QED) is 0.531. The average Bonchev–Trinajstić information content (AvgIpc) is 3.44. The average molecular weight is 387 g/mol. The topological polar surface area (TPSA) is 85.8 Å². The van der Waals surface area contributed by atoms with Gasteiger partial charge in [0.1, 0.15) is 0 Å². The molecule has 3 aromatic heterocycles. The van der Waals surface area contributed by atoms with E-state index in [-0.39, 0.29) is 5.92 Å². The molecule has 1 aliphatic heterocycles. The second-order valence-electron chi connectivity index (χ2n) is 7.23. The number of rotatable bonds is 4. The van der Waals surface area contributed by atoms with E-state index in [1.54, 1.807) is 10.9 Å². The van der Waals surface area contributed by atoms with Gasteiger partial charge in [-0.2, -0.15) is 10.1 Å². The van der Waals surface area contributed by atoms with Crippen LogP contribution in [0.15, 0.2) is 59.5 Å². The van der Waals surface area contributed by atoms with Crippen molar-refractivity contribution in [3.63, 3.8) is 0 Å². The summed E-state index contributed by atoms with van der Waals surface area (Å²) in [5.41, 5.74) is 2.85. The van der Waals surface area contributed by atoms with Crippen molar-refractivity contribution in [1.29, 1.82) is 0 Å². The Labute approximate surface area is 168 Å². The minimum absolute atomic E-state index is 0.262. The fourth-order valence-corrected chi connectivity index (χ4v) is 3.65. The van der Waals surface area contributed by atoms with Crippen molar-refractivity contribution < 1.29 is 4.52 Å². The molecular formula is C21H21N7O. The first kappa shape index (κ1) is 17.5. The van der Waals surface area contributed by atoms with Gasteiger partial charge in [0, 0.05) is 49.6 Å². The molecule has 0 saturated carbocycles. The van der Waals surface area contributed by atoms with E-state index in [0.717, 1.165) is 48.7 Å². The molecule has 0 radical (unpaired) electrons. The first-order chi connectivity index (χ1) is 14.3. The highest BCUT2D eigenvalue weighted by Crippen LogP contribution is 2.30. The predicted molar refractivity (Wildman–Crippen MR) is 108 cm³/mol. The van der Waals surface area contributed by atoms with Crippen LogP contribution < -0.4 is 4.90 Å². The van der Waals surface area contributed by atoms with Gasteiger partial charge in [0.2, 0.25) is 17.7 Å². The highest BCUT2D eigenvalue weighted by Gasteiger charge is 2.26. The third-order valence-electron chi connectivity index (χ3n) is 5.24. The molecule has 0 unspecified atom stereocenters. The second-order valence-corrected chi connectivity index (χ2v) is 7.23. The van der Waals surface area contributed by atoms with E-state index in [9.17, 15) is 0 Å². The highest BCUT2D eigenvalue weighted by molar-refractivity contribution is 5.58. The molecule has 29 heavy (non-hydrogen) atoms. The van der Waals surface area contributed by atoms with Crippen LogP contribution >= 0.6 is 0 Å². The van der Waals surface area contributed by atoms with Crippen LogP contribution in [-0.2, 0) is 7.05 Å². The summed E-state index contributed by atoms with van der Waals surface area (Å²) in [6.45, 7) is 1.70. The number of aryl methyl sites for hydroxylation is 1. The Morgan fingerprint density at radius 1 is 1.00 bits per heavy atom. The van der Waals surface area contributed by atoms with Crippen molar-refractivity contribution in [3.8, 4) is 22.6 Å². The summed E-state index contributed by atoms with van der Waals surface area (Å²) < 4.78 is 7.33. The van der Waals surface area contributed by atoms with Gasteiger partial charge in [-0.1, -0.05) is 35.5 Å². The van der Waals surface area contributed by atoms with E-state index in [1.807, 2.05) is 55.8 Å². The number of piperidine rings is 1. The number of nitrogens with zero attached hydrogens (tertiary/aromatic N) is 7. The summed E-state index contributed by atoms with van der Waals surface area (Å²) in [4.78, 5) is 16.0. The maximum atomic E-state index is 5.56. The Balaban J connectivity index is 1.27. The lowest BCUT2D eigenvalue weighted by atomic mass is 9.97. The first-order valence-electron chi connectivity index (χ1n) is 9.72. The van der Waals surface area contributed by atoms with Crippen LogP contribution in [-0.4, -0.2) is 43.0 Å². The molecule has 0 aliphatic carbocycles. The van der Waals surface area contributed by atoms with Crippen LogP contribution in [0.4, 0.5) is 5.95 Å². The molecule has 1 fully saturated rings. The number of hydrogen-bond acceptors (Lipinski definition) is 7. The van der Waals surface area contributed by atoms with E-state index >= 15 is 0 Å². The van der Waals surface area contributed by atoms with Gasteiger partial charge in [0.15, 0.2) is 0 Å². The van der Waals surface area contributed by atoms with Crippen LogP contribution in [0.2, 0.25) is 0 Å². The Hall–Kier alpha value is -3.55. The largest absolute Gasteiger partial charge is 0.341 e. The molecule has 4 aromatic rings. The van der Waals surface area contributed by atoms with Gasteiger partial charge in [-0.25, -0.2) is 9.97 Å². The zero-order chi connectivity index (χ0) is 19.6. The summed E-state index contributed by atoms with van der Waals surface area (Å²) in [6, 6.07) is 11.8. The Morgan fingerprint density at radius 2 is 1.83 bits per heavy atom. The van der Waals surface area contributed by atoms with E-state index in [4.69, 9.17) is 9.51 Å². The molecule has 1 aromatic carbocycles. The van der Waals surface area contributed by atoms with Crippen LogP contribution in [0, 0.1) is 0 Å². The smallest absolute Gasteiger partial charge is 0.230 e. The summed E-state index contributed by atoms with van der Waals surface area (Å²) in [5, 5.41) is 8.38. The number of hydrogen-bond donors (Lipinski definition) is 0. The molecule has 146 valence electrons. The molecule has 0 spiro atoms. The molecule has 0 bridgehead atoms. The highest BCUT2D eigenvalue weighted by atomic mass is 16.5. The SMILES string of the molecule is Cn1cc(-c2ccnc(N3CCC(c4nc(-c5ccccc5)no4)CC3)n2)cn1. The van der Waals surface area contributed by atoms with Gasteiger partial charge in [0.25, 0.3) is 0 Å². The molecule has 0 amide bonds. The van der Waals surface area contributed by atoms with Crippen molar-refractivity contribution >= 4 is 5.95 Å². The Morgan fingerprint density at radius 3 is 2.59 bits per heavy atom. The predicted octanol–water partition coefficient (Wildman–Crippen LogP) is 3.31. The summed E-state index contributed by atoms with van der Waals surface area (Å²) >= 11 is 0. The van der Waals surface area contributed by atoms with E-state index in [1.165, 1.54) is 0 Å². The van der Waals surface area contributed by atoms with Gasteiger partial charge >= 0.3 is 0 Å². The van der Waals surface area contributed by atoms with Crippen LogP contribution in [0.3, 0.4) is 0 Å². The van der Waals surface area contributed by atoms with Crippen LogP contribution in [0.5, 0.6) is 0 Å². The number of benzene rings is 1. The Kier molecular flexibility index (Phi) is 4.51. The zero-order valence-electron chi connectivity index (χ0n) is 16.1. The van der Waals surface area contributed by atoms with Gasteiger partial charge in [0.05, 0.1) is 11.9 Å². The van der Waals surface area contributed by atoms with Crippen molar-refractivity contribution in [2.75, 3.05) is 18.0 Å². The normalized spacial score (nSPS) is 15.0. The molecule has 0 atom stereocenters. The van der Waals surface area contributed by atoms with Crippen molar-refractivity contribution in [3.05, 3.63) is 60.9 Å².